The average Bonchev–Trinajstić information content (AvgIpc) is 3.09. The number of hydrogen-bond acceptors (Lipinski definition) is 6. The van der Waals surface area contributed by atoms with Crippen LogP contribution >= 0.6 is 11.3 Å². The Hall–Kier alpha value is -2.78. The lowest BCUT2D eigenvalue weighted by Crippen LogP contribution is -2.40. The molecule has 138 valence electrons. The van der Waals surface area contributed by atoms with Crippen LogP contribution in [0.1, 0.15) is 5.56 Å². The summed E-state index contributed by atoms with van der Waals surface area (Å²) in [5, 5.41) is 5.07. The number of benzene rings is 1. The first-order chi connectivity index (χ1) is 12.9. The molecule has 0 fully saturated rings. The number of anilines is 1. The van der Waals surface area contributed by atoms with Gasteiger partial charge in [0.25, 0.3) is 15.9 Å². The van der Waals surface area contributed by atoms with Gasteiger partial charge in [0, 0.05) is 23.7 Å². The summed E-state index contributed by atoms with van der Waals surface area (Å²) < 4.78 is 27.4. The van der Waals surface area contributed by atoms with E-state index in [1.165, 1.54) is 11.3 Å². The zero-order chi connectivity index (χ0) is 19.0. The van der Waals surface area contributed by atoms with Crippen LogP contribution in [0, 0.1) is 6.92 Å². The fourth-order valence-electron chi connectivity index (χ4n) is 2.87. The fourth-order valence-corrected chi connectivity index (χ4v) is 4.56. The topological polar surface area (TPSA) is 91.7 Å². The van der Waals surface area contributed by atoms with Crippen molar-refractivity contribution >= 4 is 38.2 Å². The summed E-state index contributed by atoms with van der Waals surface area (Å²) in [7, 11) is -3.55. The van der Waals surface area contributed by atoms with E-state index in [0.717, 1.165) is 16.8 Å². The minimum absolute atomic E-state index is 0.0675. The molecule has 0 saturated carbocycles. The molecule has 1 N–H and O–H groups in total. The van der Waals surface area contributed by atoms with E-state index in [1.54, 1.807) is 23.3 Å². The van der Waals surface area contributed by atoms with Gasteiger partial charge in [-0.05, 0) is 24.6 Å². The van der Waals surface area contributed by atoms with Crippen molar-refractivity contribution in [2.24, 2.45) is 4.40 Å². The smallest absolute Gasteiger partial charge is 0.261 e. The first kappa shape index (κ1) is 17.6. The van der Waals surface area contributed by atoms with Gasteiger partial charge in [0.15, 0.2) is 11.0 Å². The Kier molecular flexibility index (Phi) is 4.40. The maximum atomic E-state index is 12.7. The normalized spacial score (nSPS) is 17.7. The van der Waals surface area contributed by atoms with Gasteiger partial charge in [-0.3, -0.25) is 10.1 Å². The minimum Gasteiger partial charge on any atom is -0.331 e. The second-order valence-electron chi connectivity index (χ2n) is 6.12. The van der Waals surface area contributed by atoms with E-state index in [0.29, 0.717) is 5.13 Å². The number of hydrogen-bond donors (Lipinski definition) is 1. The molecule has 2 aromatic rings. The second kappa shape index (κ2) is 6.75. The van der Waals surface area contributed by atoms with Crippen molar-refractivity contribution in [1.29, 1.82) is 0 Å². The Balaban J connectivity index is 1.58. The van der Waals surface area contributed by atoms with Crippen molar-refractivity contribution in [3.63, 3.8) is 0 Å². The lowest BCUT2D eigenvalue weighted by atomic mass is 10.1. The number of carbonyl (C=O) groups excluding carboxylic acids is 1. The number of thiazole rings is 1. The van der Waals surface area contributed by atoms with Gasteiger partial charge in [-0.1, -0.05) is 24.3 Å². The Morgan fingerprint density at radius 1 is 1.30 bits per heavy atom. The molecule has 0 unspecified atom stereocenters. The third-order valence-electron chi connectivity index (χ3n) is 4.25. The monoisotopic (exact) mass is 400 g/mol. The van der Waals surface area contributed by atoms with E-state index < -0.39 is 15.9 Å². The maximum absolute atomic E-state index is 12.7. The number of rotatable bonds is 3. The van der Waals surface area contributed by atoms with Gasteiger partial charge < -0.3 is 4.90 Å². The van der Waals surface area contributed by atoms with Crippen LogP contribution < -0.4 is 5.32 Å². The van der Waals surface area contributed by atoms with E-state index in [9.17, 15) is 13.2 Å². The highest BCUT2D eigenvalue weighted by Crippen LogP contribution is 2.28. The Labute approximate surface area is 160 Å². The largest absolute Gasteiger partial charge is 0.331 e. The molecular weight excluding hydrogens is 384 g/mol. The van der Waals surface area contributed by atoms with Gasteiger partial charge in [0.1, 0.15) is 0 Å². The summed E-state index contributed by atoms with van der Waals surface area (Å²) in [4.78, 5) is 18.8. The van der Waals surface area contributed by atoms with Crippen LogP contribution in [0.4, 0.5) is 5.13 Å². The second-order valence-corrected chi connectivity index (χ2v) is 8.74. The van der Waals surface area contributed by atoms with E-state index in [4.69, 9.17) is 0 Å². The van der Waals surface area contributed by atoms with Crippen molar-refractivity contribution < 1.29 is 13.2 Å². The van der Waals surface area contributed by atoms with Crippen LogP contribution in [0.15, 0.2) is 58.0 Å². The molecule has 2 aliphatic heterocycles. The number of carbonyl (C=O) groups is 1. The molecule has 4 rings (SSSR count). The average molecular weight is 400 g/mol. The van der Waals surface area contributed by atoms with E-state index >= 15 is 0 Å². The maximum Gasteiger partial charge on any atom is 0.261 e. The van der Waals surface area contributed by atoms with Crippen molar-refractivity contribution in [2.45, 2.75) is 6.92 Å². The molecule has 0 aliphatic carbocycles. The molecular formula is C18H16N4O3S2. The third-order valence-corrected chi connectivity index (χ3v) is 6.16. The molecule has 27 heavy (non-hydrogen) atoms. The number of aromatic nitrogens is 1. The van der Waals surface area contributed by atoms with Crippen molar-refractivity contribution in [2.75, 3.05) is 17.6 Å². The molecule has 7 nitrogen and oxygen atoms in total. The number of amides is 1. The lowest BCUT2D eigenvalue weighted by molar-refractivity contribution is -0.112. The SMILES string of the molecule is Cc1ccccc1-c1csc(NC(=O)C2=CC=CN3CCS(=O)(=O)N=C23)n1. The van der Waals surface area contributed by atoms with E-state index in [1.807, 2.05) is 36.6 Å². The fraction of sp³-hybridized carbons (Fsp3) is 0.167. The van der Waals surface area contributed by atoms with Crippen molar-refractivity contribution in [3.05, 3.63) is 59.1 Å². The predicted octanol–water partition coefficient (Wildman–Crippen LogP) is 2.55. The van der Waals surface area contributed by atoms with Crippen molar-refractivity contribution in [1.82, 2.24) is 9.88 Å². The molecule has 0 spiro atoms. The Morgan fingerprint density at radius 2 is 2.11 bits per heavy atom. The van der Waals surface area contributed by atoms with Crippen LogP contribution in [0.25, 0.3) is 11.3 Å². The molecule has 1 aromatic heterocycles. The summed E-state index contributed by atoms with van der Waals surface area (Å²) in [6.07, 6.45) is 4.97. The summed E-state index contributed by atoms with van der Waals surface area (Å²) in [5.41, 5.74) is 3.08. The predicted molar refractivity (Wildman–Crippen MR) is 106 cm³/mol. The molecule has 1 amide bonds. The number of fused-ring (bicyclic) bond motifs is 1. The van der Waals surface area contributed by atoms with E-state index in [2.05, 4.69) is 14.7 Å². The highest BCUT2D eigenvalue weighted by molar-refractivity contribution is 7.90. The zero-order valence-corrected chi connectivity index (χ0v) is 16.0. The molecule has 3 heterocycles. The van der Waals surface area contributed by atoms with E-state index in [-0.39, 0.29) is 23.7 Å². The molecule has 0 saturated heterocycles. The Morgan fingerprint density at radius 3 is 2.93 bits per heavy atom. The van der Waals surface area contributed by atoms with Gasteiger partial charge in [-0.25, -0.2) is 13.4 Å². The first-order valence-electron chi connectivity index (χ1n) is 8.24. The van der Waals surface area contributed by atoms with Gasteiger partial charge in [0.05, 0.1) is 17.0 Å². The quantitative estimate of drug-likeness (QED) is 0.855. The molecule has 0 bridgehead atoms. The van der Waals surface area contributed by atoms with Crippen LogP contribution in [0.3, 0.4) is 0 Å². The van der Waals surface area contributed by atoms with Crippen LogP contribution in [0.5, 0.6) is 0 Å². The zero-order valence-electron chi connectivity index (χ0n) is 14.4. The highest BCUT2D eigenvalue weighted by atomic mass is 32.2. The number of nitrogens with zero attached hydrogens (tertiary/aromatic N) is 3. The minimum atomic E-state index is -3.55. The molecule has 0 atom stereocenters. The number of allylic oxidation sites excluding steroid dienone is 2. The number of sulfonamides is 1. The van der Waals surface area contributed by atoms with Crippen molar-refractivity contribution in [3.8, 4) is 11.3 Å². The summed E-state index contributed by atoms with van der Waals surface area (Å²) in [5.74, 6) is -0.357. The Bertz CT molecular complexity index is 1110. The van der Waals surface area contributed by atoms with Crippen LogP contribution in [-0.4, -0.2) is 42.3 Å². The van der Waals surface area contributed by atoms with Gasteiger partial charge >= 0.3 is 0 Å². The van der Waals surface area contributed by atoms with Gasteiger partial charge in [0.2, 0.25) is 0 Å². The molecule has 2 aliphatic rings. The van der Waals surface area contributed by atoms with Crippen LogP contribution in [0.2, 0.25) is 0 Å². The first-order valence-corrected chi connectivity index (χ1v) is 10.7. The summed E-state index contributed by atoms with van der Waals surface area (Å²) in [6, 6.07) is 7.88. The standard InChI is InChI=1S/C18H16N4O3S2/c1-12-5-2-3-6-13(12)15-11-26-18(19-15)20-17(23)14-7-4-8-22-9-10-27(24,25)21-16(14)22/h2-8,11H,9-10H2,1H3,(H,19,20,23). The summed E-state index contributed by atoms with van der Waals surface area (Å²) in [6.45, 7) is 2.28. The number of amidine groups is 1. The molecule has 0 radical (unpaired) electrons. The van der Waals surface area contributed by atoms with Gasteiger partial charge in [-0.2, -0.15) is 0 Å². The number of nitrogens with one attached hydrogen (secondary N) is 1. The van der Waals surface area contributed by atoms with Crippen LogP contribution in [-0.2, 0) is 14.8 Å². The highest BCUT2D eigenvalue weighted by Gasteiger charge is 2.30. The third kappa shape index (κ3) is 3.56. The summed E-state index contributed by atoms with van der Waals surface area (Å²) >= 11 is 1.31. The lowest BCUT2D eigenvalue weighted by Gasteiger charge is -2.28. The molecule has 1 aromatic carbocycles. The van der Waals surface area contributed by atoms with Gasteiger partial charge in [-0.15, -0.1) is 15.7 Å². The number of aryl methyl sites for hydroxylation is 1. The molecule has 9 heteroatoms.